The zero-order valence-corrected chi connectivity index (χ0v) is 13.5. The molecule has 1 heterocycles. The highest BCUT2D eigenvalue weighted by Gasteiger charge is 2.85. The molecule has 4 aliphatic rings. The Bertz CT molecular complexity index is 644. The summed E-state index contributed by atoms with van der Waals surface area (Å²) in [6, 6.07) is 0. The predicted molar refractivity (Wildman–Crippen MR) is 83.3 cm³/mol. The molecule has 3 aliphatic carbocycles. The van der Waals surface area contributed by atoms with Gasteiger partial charge in [0.1, 0.15) is 5.60 Å². The van der Waals surface area contributed by atoms with Crippen LogP contribution in [0.4, 0.5) is 4.79 Å². The molecule has 0 aromatic heterocycles. The van der Waals surface area contributed by atoms with Gasteiger partial charge in [-0.2, -0.15) is 0 Å². The monoisotopic (exact) mass is 309 g/mol. The molecule has 3 saturated carbocycles. The smallest absolute Gasteiger partial charge is 0.414 e. The van der Waals surface area contributed by atoms with Crippen LogP contribution in [0.3, 0.4) is 0 Å². The van der Waals surface area contributed by atoms with Crippen LogP contribution in [-0.4, -0.2) is 35.8 Å². The molecular weight excluding hydrogens is 278 g/mol. The molecule has 4 heteroatoms. The fourth-order valence-electron chi connectivity index (χ4n) is 4.07. The average molecular weight is 309 g/mol. The van der Waals surface area contributed by atoms with Gasteiger partial charge in [-0.15, -0.1) is 0 Å². The number of rotatable bonds is 4. The number of hydrogen-bond donors (Lipinski definition) is 0. The van der Waals surface area contributed by atoms with Gasteiger partial charge in [0.25, 0.3) is 0 Å². The van der Waals surface area contributed by atoms with Gasteiger partial charge in [0.05, 0.1) is 15.4 Å². The second kappa shape index (κ2) is 4.50. The van der Waals surface area contributed by atoms with Crippen LogP contribution in [-0.2, 0) is 9.47 Å². The van der Waals surface area contributed by atoms with E-state index >= 15 is 0 Å². The van der Waals surface area contributed by atoms with Crippen molar-refractivity contribution in [1.82, 2.24) is 4.90 Å². The van der Waals surface area contributed by atoms with Gasteiger partial charge in [0.15, 0.2) is 0 Å². The fourth-order valence-corrected chi connectivity index (χ4v) is 4.07. The lowest BCUT2D eigenvalue weighted by molar-refractivity contribution is 0.0239. The number of fused-ring (bicyclic) bond motifs is 1. The lowest BCUT2D eigenvalue weighted by atomic mass is 10.2. The average Bonchev–Trinajstić information content (AvgIpc) is 3.42. The van der Waals surface area contributed by atoms with Crippen molar-refractivity contribution in [2.45, 2.75) is 64.5 Å². The zero-order chi connectivity index (χ0) is 19.2. The molecule has 22 heavy (non-hydrogen) atoms. The van der Waals surface area contributed by atoms with Crippen LogP contribution in [0, 0.1) is 16.7 Å². The van der Waals surface area contributed by atoms with Gasteiger partial charge in [-0.05, 0) is 75.7 Å². The van der Waals surface area contributed by atoms with Gasteiger partial charge in [0.2, 0.25) is 0 Å². The molecule has 1 aliphatic heterocycles. The van der Waals surface area contributed by atoms with Crippen LogP contribution in [0.5, 0.6) is 0 Å². The summed E-state index contributed by atoms with van der Waals surface area (Å²) in [5.74, 6) is -0.246. The number of amides is 1. The van der Waals surface area contributed by atoms with Crippen molar-refractivity contribution in [1.29, 1.82) is 0 Å². The molecule has 1 amide bonds. The second-order valence-corrected chi connectivity index (χ2v) is 8.12. The Hall–Kier alpha value is -1.03. The lowest BCUT2D eigenvalue weighted by Crippen LogP contribution is -2.34. The fraction of sp³-hybridized carbons (Fsp3) is 0.833. The standard InChI is InChI=1S/C18H27NO3/c1-16(2,3)22-15(20)19-10-4-13(12-19)21-11-5-14-17(6-7-17)18(14)8-9-18/h4,10,13-14H,5-9,11-12H2,1-3H3/i5D2,11D2. The van der Waals surface area contributed by atoms with E-state index in [1.54, 1.807) is 26.8 Å². The molecule has 1 atom stereocenters. The Kier molecular flexibility index (Phi) is 2.19. The Labute approximate surface area is 138 Å². The first-order chi connectivity index (χ1) is 11.8. The molecule has 0 aromatic carbocycles. The third-order valence-corrected chi connectivity index (χ3v) is 5.49. The summed E-state index contributed by atoms with van der Waals surface area (Å²) in [7, 11) is 0. The van der Waals surface area contributed by atoms with Gasteiger partial charge in [-0.3, -0.25) is 4.90 Å². The first-order valence-corrected chi connectivity index (χ1v) is 8.21. The van der Waals surface area contributed by atoms with E-state index in [1.165, 1.54) is 11.1 Å². The Morgan fingerprint density at radius 2 is 1.95 bits per heavy atom. The normalized spacial score (nSPS) is 34.1. The maximum Gasteiger partial charge on any atom is 0.414 e. The number of hydrogen-bond acceptors (Lipinski definition) is 3. The van der Waals surface area contributed by atoms with E-state index in [0.717, 1.165) is 25.7 Å². The molecule has 4 rings (SSSR count). The molecule has 0 bridgehead atoms. The molecule has 122 valence electrons. The van der Waals surface area contributed by atoms with Crippen molar-refractivity contribution in [3.8, 4) is 0 Å². The van der Waals surface area contributed by atoms with Crippen molar-refractivity contribution < 1.29 is 19.8 Å². The highest BCUT2D eigenvalue weighted by Crippen LogP contribution is 2.93. The SMILES string of the molecule is [2H]C([2H])(OC1C=CN(C(=O)OC(C)(C)C)C1)C([2H])([2H])C1C2(CC2)C12CC2. The summed E-state index contributed by atoms with van der Waals surface area (Å²) in [4.78, 5) is 13.4. The van der Waals surface area contributed by atoms with Crippen molar-refractivity contribution >= 4 is 6.09 Å². The minimum atomic E-state index is -2.40. The lowest BCUT2D eigenvalue weighted by Gasteiger charge is -2.24. The molecule has 0 saturated heterocycles. The number of carbonyl (C=O) groups is 1. The summed E-state index contributed by atoms with van der Waals surface area (Å²) in [6.45, 7) is 3.07. The quantitative estimate of drug-likeness (QED) is 0.794. The summed E-state index contributed by atoms with van der Waals surface area (Å²) in [6.07, 6.45) is 3.94. The summed E-state index contributed by atoms with van der Waals surface area (Å²) in [5.41, 5.74) is -0.526. The third kappa shape index (κ3) is 2.27. The maximum absolute atomic E-state index is 12.1. The van der Waals surface area contributed by atoms with Crippen LogP contribution in [0.2, 0.25) is 0 Å². The van der Waals surface area contributed by atoms with Crippen LogP contribution in [0.1, 0.15) is 58.3 Å². The van der Waals surface area contributed by atoms with Crippen molar-refractivity contribution in [2.24, 2.45) is 16.7 Å². The van der Waals surface area contributed by atoms with Crippen molar-refractivity contribution in [2.75, 3.05) is 13.1 Å². The van der Waals surface area contributed by atoms with Gasteiger partial charge in [0, 0.05) is 15.5 Å². The highest BCUT2D eigenvalue weighted by molar-refractivity contribution is 5.70. The Balaban J connectivity index is 1.38. The van der Waals surface area contributed by atoms with Crippen LogP contribution < -0.4 is 0 Å². The van der Waals surface area contributed by atoms with E-state index < -0.39 is 30.7 Å². The Morgan fingerprint density at radius 1 is 1.32 bits per heavy atom. The maximum atomic E-state index is 12.1. The minimum Gasteiger partial charge on any atom is -0.443 e. The molecular formula is C18H27NO3. The zero-order valence-electron chi connectivity index (χ0n) is 17.5. The Morgan fingerprint density at radius 3 is 2.50 bits per heavy atom. The van der Waals surface area contributed by atoms with Crippen molar-refractivity contribution in [3.05, 3.63) is 12.3 Å². The number of ether oxygens (including phenoxy) is 2. The molecule has 2 spiro atoms. The molecule has 0 radical (unpaired) electrons. The largest absolute Gasteiger partial charge is 0.443 e. The first kappa shape index (κ1) is 10.7. The molecule has 0 N–H and O–H groups in total. The van der Waals surface area contributed by atoms with Gasteiger partial charge in [-0.25, -0.2) is 4.79 Å². The highest BCUT2D eigenvalue weighted by atomic mass is 16.6. The molecule has 3 fully saturated rings. The molecule has 1 unspecified atom stereocenters. The van der Waals surface area contributed by atoms with Gasteiger partial charge in [-0.1, -0.05) is 0 Å². The first-order valence-electron chi connectivity index (χ1n) is 10.2. The second-order valence-electron chi connectivity index (χ2n) is 8.12. The van der Waals surface area contributed by atoms with Crippen LogP contribution in [0.15, 0.2) is 12.3 Å². The topological polar surface area (TPSA) is 38.8 Å². The molecule has 0 aromatic rings. The van der Waals surface area contributed by atoms with Crippen LogP contribution >= 0.6 is 0 Å². The van der Waals surface area contributed by atoms with E-state index in [9.17, 15) is 4.79 Å². The van der Waals surface area contributed by atoms with Crippen LogP contribution in [0.25, 0.3) is 0 Å². The summed E-state index contributed by atoms with van der Waals surface area (Å²) >= 11 is 0. The van der Waals surface area contributed by atoms with Crippen molar-refractivity contribution in [3.63, 3.8) is 0 Å². The predicted octanol–water partition coefficient (Wildman–Crippen LogP) is 3.72. The number of nitrogens with zero attached hydrogens (tertiary/aromatic N) is 1. The molecule has 4 nitrogen and oxygen atoms in total. The van der Waals surface area contributed by atoms with Gasteiger partial charge >= 0.3 is 6.09 Å². The number of carbonyl (C=O) groups excluding carboxylic acids is 1. The van der Waals surface area contributed by atoms with E-state index in [1.807, 2.05) is 0 Å². The summed E-state index contributed by atoms with van der Waals surface area (Å²) < 4.78 is 44.4. The van der Waals surface area contributed by atoms with E-state index in [2.05, 4.69) is 0 Å². The minimum absolute atomic E-state index is 0.0429. The van der Waals surface area contributed by atoms with E-state index in [-0.39, 0.29) is 23.3 Å². The van der Waals surface area contributed by atoms with Gasteiger partial charge < -0.3 is 9.47 Å². The summed E-state index contributed by atoms with van der Waals surface area (Å²) in [5, 5.41) is 0. The van der Waals surface area contributed by atoms with E-state index in [0.29, 0.717) is 0 Å². The van der Waals surface area contributed by atoms with E-state index in [4.69, 9.17) is 15.0 Å². The third-order valence-electron chi connectivity index (χ3n) is 5.49.